The van der Waals surface area contributed by atoms with Crippen molar-refractivity contribution in [1.29, 1.82) is 0 Å². The predicted octanol–water partition coefficient (Wildman–Crippen LogP) is 3.24. The maximum Gasteiger partial charge on any atom is 0.191 e. The van der Waals surface area contributed by atoms with Crippen molar-refractivity contribution in [3.63, 3.8) is 0 Å². The lowest BCUT2D eigenvalue weighted by atomic mass is 9.74. The van der Waals surface area contributed by atoms with Gasteiger partial charge in [-0.15, -0.1) is 24.0 Å². The van der Waals surface area contributed by atoms with Crippen molar-refractivity contribution in [2.45, 2.75) is 38.6 Å². The number of aromatic nitrogens is 2. The Morgan fingerprint density at radius 1 is 1.17 bits per heavy atom. The summed E-state index contributed by atoms with van der Waals surface area (Å²) in [5, 5.41) is 11.1. The largest absolute Gasteiger partial charge is 0.494 e. The smallest absolute Gasteiger partial charge is 0.191 e. The number of aliphatic imine (C=N–C) groups is 1. The van der Waals surface area contributed by atoms with E-state index in [0.29, 0.717) is 13.2 Å². The molecule has 1 aliphatic rings. The highest BCUT2D eigenvalue weighted by atomic mass is 127. The van der Waals surface area contributed by atoms with Gasteiger partial charge in [0.05, 0.1) is 18.8 Å². The number of rotatable bonds is 8. The molecule has 0 bridgehead atoms. The van der Waals surface area contributed by atoms with Crippen LogP contribution in [0.5, 0.6) is 5.75 Å². The van der Waals surface area contributed by atoms with Crippen molar-refractivity contribution < 1.29 is 9.47 Å². The molecule has 0 atom stereocenters. The second kappa shape index (κ2) is 12.1. The van der Waals surface area contributed by atoms with Crippen molar-refractivity contribution in [2.75, 3.05) is 32.9 Å². The molecular formula is C22H34IN5O2. The Labute approximate surface area is 196 Å². The zero-order valence-electron chi connectivity index (χ0n) is 18.2. The van der Waals surface area contributed by atoms with Crippen molar-refractivity contribution in [2.24, 2.45) is 12.0 Å². The van der Waals surface area contributed by atoms with Gasteiger partial charge in [-0.2, -0.15) is 5.10 Å². The van der Waals surface area contributed by atoms with E-state index in [9.17, 15) is 0 Å². The number of nitrogens with zero attached hydrogens (tertiary/aromatic N) is 3. The maximum atomic E-state index is 5.66. The molecule has 0 aliphatic carbocycles. The molecule has 2 aromatic rings. The Balaban J connectivity index is 0.00000320. The molecule has 1 aromatic carbocycles. The first-order chi connectivity index (χ1) is 14.2. The van der Waals surface area contributed by atoms with E-state index >= 15 is 0 Å². The van der Waals surface area contributed by atoms with Crippen LogP contribution in [-0.4, -0.2) is 48.7 Å². The molecular weight excluding hydrogens is 493 g/mol. The molecule has 1 fully saturated rings. The van der Waals surface area contributed by atoms with E-state index < -0.39 is 0 Å². The zero-order chi connectivity index (χ0) is 20.5. The molecule has 1 aliphatic heterocycles. The molecule has 0 amide bonds. The Morgan fingerprint density at radius 3 is 2.50 bits per heavy atom. The molecule has 0 unspecified atom stereocenters. The highest BCUT2D eigenvalue weighted by molar-refractivity contribution is 14.0. The minimum atomic E-state index is 0. The van der Waals surface area contributed by atoms with Gasteiger partial charge in [0.15, 0.2) is 5.96 Å². The lowest BCUT2D eigenvalue weighted by Crippen LogP contribution is -2.48. The molecule has 166 valence electrons. The fraction of sp³-hybridized carbons (Fsp3) is 0.545. The fourth-order valence-electron chi connectivity index (χ4n) is 3.71. The standard InChI is InChI=1S/C22H33N5O2.HI/c1-4-23-21(24-16-19-10-13-26-27(19)3)25-17-22(11-14-28-15-12-22)18-6-8-20(9-7-18)29-5-2;/h6-10,13H,4-5,11-12,14-17H2,1-3H3,(H2,23,24,25);1H. The van der Waals surface area contributed by atoms with Gasteiger partial charge in [-0.3, -0.25) is 4.68 Å². The third kappa shape index (κ3) is 6.34. The van der Waals surface area contributed by atoms with E-state index in [1.54, 1.807) is 6.20 Å². The lowest BCUT2D eigenvalue weighted by molar-refractivity contribution is 0.0513. The molecule has 1 saturated heterocycles. The van der Waals surface area contributed by atoms with Crippen LogP contribution in [0.4, 0.5) is 0 Å². The van der Waals surface area contributed by atoms with E-state index in [1.807, 2.05) is 24.7 Å². The number of aryl methyl sites for hydroxylation is 1. The van der Waals surface area contributed by atoms with Gasteiger partial charge >= 0.3 is 0 Å². The first kappa shape index (κ1) is 24.5. The summed E-state index contributed by atoms with van der Waals surface area (Å²) in [6, 6.07) is 10.5. The number of halogens is 1. The van der Waals surface area contributed by atoms with Crippen molar-refractivity contribution >= 4 is 29.9 Å². The van der Waals surface area contributed by atoms with Crippen LogP contribution in [0.3, 0.4) is 0 Å². The van der Waals surface area contributed by atoms with Crippen LogP contribution in [0.2, 0.25) is 0 Å². The summed E-state index contributed by atoms with van der Waals surface area (Å²) in [7, 11) is 1.94. The highest BCUT2D eigenvalue weighted by Crippen LogP contribution is 2.35. The zero-order valence-corrected chi connectivity index (χ0v) is 20.5. The second-order valence-corrected chi connectivity index (χ2v) is 7.34. The quantitative estimate of drug-likeness (QED) is 0.314. The van der Waals surface area contributed by atoms with Crippen LogP contribution in [-0.2, 0) is 23.7 Å². The maximum absolute atomic E-state index is 5.66. The summed E-state index contributed by atoms with van der Waals surface area (Å²) >= 11 is 0. The molecule has 30 heavy (non-hydrogen) atoms. The van der Waals surface area contributed by atoms with Crippen LogP contribution < -0.4 is 15.4 Å². The summed E-state index contributed by atoms with van der Waals surface area (Å²) in [6.45, 7) is 8.53. The summed E-state index contributed by atoms with van der Waals surface area (Å²) in [6.07, 6.45) is 3.76. The van der Waals surface area contributed by atoms with Crippen LogP contribution in [0.15, 0.2) is 41.5 Å². The van der Waals surface area contributed by atoms with Gasteiger partial charge in [-0.25, -0.2) is 4.99 Å². The average molecular weight is 527 g/mol. The third-order valence-electron chi connectivity index (χ3n) is 5.49. The Morgan fingerprint density at radius 2 is 1.90 bits per heavy atom. The van der Waals surface area contributed by atoms with E-state index in [-0.39, 0.29) is 29.4 Å². The van der Waals surface area contributed by atoms with Crippen LogP contribution in [0.1, 0.15) is 37.9 Å². The Bertz CT molecular complexity index is 785. The van der Waals surface area contributed by atoms with Crippen LogP contribution >= 0.6 is 24.0 Å². The molecule has 0 saturated carbocycles. The van der Waals surface area contributed by atoms with Gasteiger partial charge < -0.3 is 20.1 Å². The first-order valence-electron chi connectivity index (χ1n) is 10.5. The number of guanidine groups is 1. The van der Waals surface area contributed by atoms with E-state index in [2.05, 4.69) is 46.9 Å². The van der Waals surface area contributed by atoms with Gasteiger partial charge in [0.2, 0.25) is 0 Å². The Hall–Kier alpha value is -1.81. The molecule has 3 rings (SSSR count). The van der Waals surface area contributed by atoms with Gasteiger partial charge in [-0.05, 0) is 50.5 Å². The molecule has 0 radical (unpaired) electrons. The summed E-state index contributed by atoms with van der Waals surface area (Å²) in [4.78, 5) is 4.75. The van der Waals surface area contributed by atoms with Gasteiger partial charge in [0, 0.05) is 45.0 Å². The van der Waals surface area contributed by atoms with Crippen LogP contribution in [0.25, 0.3) is 0 Å². The first-order valence-corrected chi connectivity index (χ1v) is 10.5. The molecule has 7 nitrogen and oxygen atoms in total. The number of hydrogen-bond acceptors (Lipinski definition) is 4. The molecule has 2 N–H and O–H groups in total. The minimum Gasteiger partial charge on any atom is -0.494 e. The van der Waals surface area contributed by atoms with E-state index in [0.717, 1.165) is 56.5 Å². The fourth-order valence-corrected chi connectivity index (χ4v) is 3.71. The Kier molecular flexibility index (Phi) is 9.90. The highest BCUT2D eigenvalue weighted by Gasteiger charge is 2.34. The normalized spacial score (nSPS) is 15.9. The number of nitrogens with one attached hydrogen (secondary N) is 2. The number of benzene rings is 1. The van der Waals surface area contributed by atoms with Crippen molar-refractivity contribution in [1.82, 2.24) is 20.4 Å². The lowest BCUT2D eigenvalue weighted by Gasteiger charge is -2.38. The van der Waals surface area contributed by atoms with Crippen molar-refractivity contribution in [3.05, 3.63) is 47.8 Å². The number of ether oxygens (including phenoxy) is 2. The summed E-state index contributed by atoms with van der Waals surface area (Å²) in [5.41, 5.74) is 2.42. The average Bonchev–Trinajstić information content (AvgIpc) is 3.16. The molecule has 8 heteroatoms. The van der Waals surface area contributed by atoms with Gasteiger partial charge in [-0.1, -0.05) is 12.1 Å². The van der Waals surface area contributed by atoms with Gasteiger partial charge in [0.25, 0.3) is 0 Å². The second-order valence-electron chi connectivity index (χ2n) is 7.34. The molecule has 0 spiro atoms. The van der Waals surface area contributed by atoms with Gasteiger partial charge in [0.1, 0.15) is 5.75 Å². The SMILES string of the molecule is CCNC(=NCc1ccnn1C)NCC1(c2ccc(OCC)cc2)CCOCC1.I. The topological polar surface area (TPSA) is 72.7 Å². The third-order valence-corrected chi connectivity index (χ3v) is 5.49. The minimum absolute atomic E-state index is 0. The molecule has 2 heterocycles. The monoisotopic (exact) mass is 527 g/mol. The van der Waals surface area contributed by atoms with E-state index in [4.69, 9.17) is 14.5 Å². The summed E-state index contributed by atoms with van der Waals surface area (Å²) in [5.74, 6) is 1.74. The van der Waals surface area contributed by atoms with E-state index in [1.165, 1.54) is 5.56 Å². The van der Waals surface area contributed by atoms with Crippen LogP contribution in [0, 0.1) is 0 Å². The van der Waals surface area contributed by atoms with Crippen molar-refractivity contribution in [3.8, 4) is 5.75 Å². The predicted molar refractivity (Wildman–Crippen MR) is 131 cm³/mol. The summed E-state index contributed by atoms with van der Waals surface area (Å²) < 4.78 is 13.1. The number of hydrogen-bond donors (Lipinski definition) is 2. The molecule has 1 aromatic heterocycles.